The van der Waals surface area contributed by atoms with Gasteiger partial charge in [0.15, 0.2) is 6.61 Å². The van der Waals surface area contributed by atoms with Gasteiger partial charge < -0.3 is 24.6 Å². The Kier molecular flexibility index (Phi) is 13.2. The highest BCUT2D eigenvalue weighted by atomic mass is 16.5. The second kappa shape index (κ2) is 17.2. The molecule has 1 atom stereocenters. The number of amides is 1. The van der Waals surface area contributed by atoms with Gasteiger partial charge in [-0.15, -0.1) is 0 Å². The number of benzene rings is 3. The van der Waals surface area contributed by atoms with Crippen molar-refractivity contribution in [3.8, 4) is 11.5 Å². The maximum atomic E-state index is 11.9. The first-order valence-corrected chi connectivity index (χ1v) is 13.3. The average molecular weight is 521 g/mol. The summed E-state index contributed by atoms with van der Waals surface area (Å²) in [5.74, 6) is 1.27. The molecule has 3 aromatic rings. The molecule has 0 aliphatic carbocycles. The number of ether oxygens (including phenoxy) is 3. The van der Waals surface area contributed by atoms with E-state index in [4.69, 9.17) is 14.2 Å². The van der Waals surface area contributed by atoms with Crippen molar-refractivity contribution < 1.29 is 24.1 Å². The topological polar surface area (TPSA) is 80.3 Å². The number of carbonyl (C=O) groups excluding carboxylic acids is 1. The van der Waals surface area contributed by atoms with Crippen LogP contribution < -0.4 is 14.8 Å². The number of aliphatic hydroxyl groups is 1. The SMILES string of the molecule is CCOCCCNC(=O)COc1ccc(CCN(Cc2ccccc2)CC(O)COc2ccccc2)cc1. The fourth-order valence-electron chi connectivity index (χ4n) is 3.92. The lowest BCUT2D eigenvalue weighted by molar-refractivity contribution is -0.123. The molecule has 3 rings (SSSR count). The van der Waals surface area contributed by atoms with Crippen LogP contribution in [0.4, 0.5) is 0 Å². The predicted molar refractivity (Wildman–Crippen MR) is 149 cm³/mol. The van der Waals surface area contributed by atoms with Crippen LogP contribution in [0.1, 0.15) is 24.5 Å². The van der Waals surface area contributed by atoms with Gasteiger partial charge in [0.2, 0.25) is 0 Å². The largest absolute Gasteiger partial charge is 0.491 e. The molecule has 1 unspecified atom stereocenters. The van der Waals surface area contributed by atoms with Gasteiger partial charge >= 0.3 is 0 Å². The van der Waals surface area contributed by atoms with Gasteiger partial charge in [0.05, 0.1) is 0 Å². The van der Waals surface area contributed by atoms with Gasteiger partial charge in [-0.2, -0.15) is 0 Å². The van der Waals surface area contributed by atoms with E-state index in [2.05, 4.69) is 22.3 Å². The van der Waals surface area contributed by atoms with Crippen molar-refractivity contribution in [2.75, 3.05) is 46.1 Å². The average Bonchev–Trinajstić information content (AvgIpc) is 2.95. The van der Waals surface area contributed by atoms with Crippen LogP contribution >= 0.6 is 0 Å². The first-order chi connectivity index (χ1) is 18.6. The molecule has 2 N–H and O–H groups in total. The molecule has 7 heteroatoms. The van der Waals surface area contributed by atoms with Crippen LogP contribution in [0.2, 0.25) is 0 Å². The normalized spacial score (nSPS) is 11.8. The van der Waals surface area contributed by atoms with E-state index in [1.807, 2.05) is 79.7 Å². The molecule has 0 bridgehead atoms. The Morgan fingerprint density at radius 3 is 2.29 bits per heavy atom. The van der Waals surface area contributed by atoms with E-state index in [1.165, 1.54) is 5.56 Å². The zero-order valence-corrected chi connectivity index (χ0v) is 22.3. The lowest BCUT2D eigenvalue weighted by atomic mass is 10.1. The Morgan fingerprint density at radius 2 is 1.58 bits per heavy atom. The summed E-state index contributed by atoms with van der Waals surface area (Å²) in [4.78, 5) is 14.2. The molecular formula is C31H40N2O5. The molecule has 7 nitrogen and oxygen atoms in total. The fourth-order valence-corrected chi connectivity index (χ4v) is 3.92. The van der Waals surface area contributed by atoms with E-state index in [1.54, 1.807) is 0 Å². The number of nitrogens with zero attached hydrogens (tertiary/aromatic N) is 1. The van der Waals surface area contributed by atoms with E-state index < -0.39 is 6.10 Å². The van der Waals surface area contributed by atoms with Crippen LogP contribution in [0.5, 0.6) is 11.5 Å². The zero-order chi connectivity index (χ0) is 26.8. The molecule has 0 saturated heterocycles. The smallest absolute Gasteiger partial charge is 0.257 e. The third kappa shape index (κ3) is 11.8. The Labute approximate surface area is 226 Å². The minimum Gasteiger partial charge on any atom is -0.491 e. The molecule has 0 heterocycles. The monoisotopic (exact) mass is 520 g/mol. The van der Waals surface area contributed by atoms with Gasteiger partial charge in [-0.3, -0.25) is 9.69 Å². The standard InChI is InChI=1S/C31H40N2O5/c1-2-36-21-9-19-32-31(35)25-38-30-16-14-26(15-17-30)18-20-33(22-27-10-5-3-6-11-27)23-28(34)24-37-29-12-7-4-8-13-29/h3-8,10-17,28,34H,2,9,18-25H2,1H3,(H,32,35). The Hall–Kier alpha value is -3.39. The van der Waals surface area contributed by atoms with Crippen LogP contribution in [0.25, 0.3) is 0 Å². The van der Waals surface area contributed by atoms with E-state index in [0.717, 1.165) is 37.2 Å². The summed E-state index contributed by atoms with van der Waals surface area (Å²) in [5, 5.41) is 13.5. The third-order valence-corrected chi connectivity index (χ3v) is 5.91. The summed E-state index contributed by atoms with van der Waals surface area (Å²) in [5.41, 5.74) is 2.36. The number of hydrogen-bond donors (Lipinski definition) is 2. The summed E-state index contributed by atoms with van der Waals surface area (Å²) in [7, 11) is 0. The first-order valence-electron chi connectivity index (χ1n) is 13.3. The van der Waals surface area contributed by atoms with E-state index in [9.17, 15) is 9.90 Å². The highest BCUT2D eigenvalue weighted by Gasteiger charge is 2.14. The molecule has 204 valence electrons. The van der Waals surface area contributed by atoms with Gasteiger partial charge in [-0.25, -0.2) is 0 Å². The third-order valence-electron chi connectivity index (χ3n) is 5.91. The summed E-state index contributed by atoms with van der Waals surface area (Å²) in [6.07, 6.45) is 0.992. The molecule has 1 amide bonds. The molecule has 0 saturated carbocycles. The van der Waals surface area contributed by atoms with Crippen LogP contribution in [-0.4, -0.2) is 68.1 Å². The van der Waals surface area contributed by atoms with Crippen molar-refractivity contribution in [1.82, 2.24) is 10.2 Å². The van der Waals surface area contributed by atoms with Crippen LogP contribution in [0.15, 0.2) is 84.9 Å². The van der Waals surface area contributed by atoms with Gasteiger partial charge in [-0.1, -0.05) is 60.7 Å². The van der Waals surface area contributed by atoms with Crippen LogP contribution in [0.3, 0.4) is 0 Å². The molecule has 0 aliphatic heterocycles. The molecule has 0 aromatic heterocycles. The van der Waals surface area contributed by atoms with Gasteiger partial charge in [0.25, 0.3) is 5.91 Å². The minimum absolute atomic E-state index is 0.0121. The molecule has 0 radical (unpaired) electrons. The van der Waals surface area contributed by atoms with Crippen LogP contribution in [0, 0.1) is 0 Å². The summed E-state index contributed by atoms with van der Waals surface area (Å²) in [6.45, 7) is 6.10. The molecule has 3 aromatic carbocycles. The zero-order valence-electron chi connectivity index (χ0n) is 22.3. The van der Waals surface area contributed by atoms with Gasteiger partial charge in [0.1, 0.15) is 24.2 Å². The van der Waals surface area contributed by atoms with E-state index in [0.29, 0.717) is 32.1 Å². The van der Waals surface area contributed by atoms with Crippen molar-refractivity contribution in [1.29, 1.82) is 0 Å². The Morgan fingerprint density at radius 1 is 0.895 bits per heavy atom. The Bertz CT molecular complexity index is 1030. The molecular weight excluding hydrogens is 480 g/mol. The first kappa shape index (κ1) is 29.2. The Balaban J connectivity index is 1.45. The van der Waals surface area contributed by atoms with Gasteiger partial charge in [-0.05, 0) is 55.2 Å². The number of aliphatic hydroxyl groups excluding tert-OH is 1. The molecule has 0 spiro atoms. The maximum absolute atomic E-state index is 11.9. The molecule has 0 fully saturated rings. The quantitative estimate of drug-likeness (QED) is 0.246. The predicted octanol–water partition coefficient (Wildman–Crippen LogP) is 4.09. The maximum Gasteiger partial charge on any atom is 0.257 e. The molecule has 0 aliphatic rings. The van der Waals surface area contributed by atoms with Crippen LogP contribution in [-0.2, 0) is 22.5 Å². The molecule has 38 heavy (non-hydrogen) atoms. The fraction of sp³-hybridized carbons (Fsp3) is 0.387. The second-order valence-corrected chi connectivity index (χ2v) is 9.08. The lowest BCUT2D eigenvalue weighted by Crippen LogP contribution is -2.36. The summed E-state index contributed by atoms with van der Waals surface area (Å²) >= 11 is 0. The number of hydrogen-bond acceptors (Lipinski definition) is 6. The van der Waals surface area contributed by atoms with Crippen molar-refractivity contribution >= 4 is 5.91 Å². The van der Waals surface area contributed by atoms with Crippen molar-refractivity contribution in [3.63, 3.8) is 0 Å². The second-order valence-electron chi connectivity index (χ2n) is 9.08. The summed E-state index contributed by atoms with van der Waals surface area (Å²) in [6, 6.07) is 27.6. The number of rotatable bonds is 18. The van der Waals surface area contributed by atoms with Crippen molar-refractivity contribution in [3.05, 3.63) is 96.1 Å². The van der Waals surface area contributed by atoms with Gasteiger partial charge in [0, 0.05) is 39.4 Å². The number of nitrogens with one attached hydrogen (secondary N) is 1. The van der Waals surface area contributed by atoms with Crippen molar-refractivity contribution in [2.24, 2.45) is 0 Å². The summed E-state index contributed by atoms with van der Waals surface area (Å²) < 4.78 is 16.6. The minimum atomic E-state index is -0.611. The lowest BCUT2D eigenvalue weighted by Gasteiger charge is -2.25. The highest BCUT2D eigenvalue weighted by Crippen LogP contribution is 2.14. The van der Waals surface area contributed by atoms with Crippen molar-refractivity contribution in [2.45, 2.75) is 32.4 Å². The number of carbonyl (C=O) groups is 1. The van der Waals surface area contributed by atoms with E-state index in [-0.39, 0.29) is 19.1 Å². The number of para-hydroxylation sites is 1. The highest BCUT2D eigenvalue weighted by molar-refractivity contribution is 5.77. The van der Waals surface area contributed by atoms with E-state index >= 15 is 0 Å².